The molecule has 2 rings (SSSR count). The number of para-hydroxylation sites is 1. The van der Waals surface area contributed by atoms with Gasteiger partial charge in [0, 0.05) is 6.42 Å². The lowest BCUT2D eigenvalue weighted by molar-refractivity contribution is -0.116. The summed E-state index contributed by atoms with van der Waals surface area (Å²) >= 11 is 0. The van der Waals surface area contributed by atoms with Gasteiger partial charge >= 0.3 is 5.97 Å². The zero-order valence-corrected chi connectivity index (χ0v) is 15.8. The maximum Gasteiger partial charge on any atom is 0.340 e. The molecule has 0 aliphatic heterocycles. The van der Waals surface area contributed by atoms with Crippen LogP contribution < -0.4 is 19.5 Å². The summed E-state index contributed by atoms with van der Waals surface area (Å²) in [6.45, 7) is 0. The molecule has 7 nitrogen and oxygen atoms in total. The van der Waals surface area contributed by atoms with Gasteiger partial charge in [0.1, 0.15) is 5.75 Å². The van der Waals surface area contributed by atoms with Crippen LogP contribution in [0.1, 0.15) is 22.3 Å². The predicted molar refractivity (Wildman–Crippen MR) is 101 cm³/mol. The second kappa shape index (κ2) is 9.47. The summed E-state index contributed by atoms with van der Waals surface area (Å²) < 4.78 is 20.5. The number of ether oxygens (including phenoxy) is 4. The number of carbonyl (C=O) groups is 2. The van der Waals surface area contributed by atoms with Gasteiger partial charge in [-0.1, -0.05) is 12.1 Å². The van der Waals surface area contributed by atoms with E-state index >= 15 is 0 Å². The van der Waals surface area contributed by atoms with Crippen molar-refractivity contribution in [1.29, 1.82) is 0 Å². The number of hydrogen-bond acceptors (Lipinski definition) is 6. The number of amides is 1. The third kappa shape index (κ3) is 4.91. The van der Waals surface area contributed by atoms with Crippen LogP contribution in [-0.4, -0.2) is 40.3 Å². The van der Waals surface area contributed by atoms with Crippen molar-refractivity contribution in [2.75, 3.05) is 33.8 Å². The Bertz CT molecular complexity index is 818. The van der Waals surface area contributed by atoms with Crippen molar-refractivity contribution < 1.29 is 28.5 Å². The van der Waals surface area contributed by atoms with E-state index in [0.717, 1.165) is 5.56 Å². The number of aryl methyl sites for hydroxylation is 1. The van der Waals surface area contributed by atoms with Crippen molar-refractivity contribution in [3.05, 3.63) is 47.5 Å². The van der Waals surface area contributed by atoms with Crippen molar-refractivity contribution in [3.63, 3.8) is 0 Å². The minimum atomic E-state index is -0.552. The third-order valence-electron chi connectivity index (χ3n) is 4.00. The van der Waals surface area contributed by atoms with E-state index in [1.54, 1.807) is 38.5 Å². The van der Waals surface area contributed by atoms with Crippen LogP contribution in [0.5, 0.6) is 17.2 Å². The van der Waals surface area contributed by atoms with E-state index in [2.05, 4.69) is 5.32 Å². The molecule has 0 fully saturated rings. The first-order chi connectivity index (χ1) is 13.0. The van der Waals surface area contributed by atoms with Crippen molar-refractivity contribution in [1.82, 2.24) is 0 Å². The summed E-state index contributed by atoms with van der Waals surface area (Å²) in [5.74, 6) is 0.816. The van der Waals surface area contributed by atoms with Crippen molar-refractivity contribution in [2.24, 2.45) is 0 Å². The van der Waals surface area contributed by atoms with Crippen LogP contribution in [0.4, 0.5) is 5.69 Å². The van der Waals surface area contributed by atoms with Gasteiger partial charge in [-0.25, -0.2) is 4.79 Å². The highest BCUT2D eigenvalue weighted by Crippen LogP contribution is 2.30. The zero-order valence-electron chi connectivity index (χ0n) is 15.8. The number of hydrogen-bond donors (Lipinski definition) is 1. The Balaban J connectivity index is 2.11. The molecular formula is C20H23NO6. The molecule has 2 aromatic carbocycles. The number of esters is 1. The molecule has 0 unspecified atom stereocenters. The molecule has 1 N–H and O–H groups in total. The fourth-order valence-electron chi connectivity index (χ4n) is 2.61. The molecule has 0 aliphatic rings. The summed E-state index contributed by atoms with van der Waals surface area (Å²) in [6, 6.07) is 10.4. The number of carbonyl (C=O) groups excluding carboxylic acids is 2. The Labute approximate surface area is 158 Å². The van der Waals surface area contributed by atoms with Gasteiger partial charge in [0.2, 0.25) is 5.91 Å². The first-order valence-corrected chi connectivity index (χ1v) is 8.30. The van der Waals surface area contributed by atoms with E-state index < -0.39 is 5.97 Å². The Hall–Kier alpha value is -3.22. The largest absolute Gasteiger partial charge is 0.495 e. The molecule has 0 bridgehead atoms. The highest BCUT2D eigenvalue weighted by molar-refractivity contribution is 6.03. The first kappa shape index (κ1) is 20.1. The zero-order chi connectivity index (χ0) is 19.8. The smallest absolute Gasteiger partial charge is 0.340 e. The van der Waals surface area contributed by atoms with Gasteiger partial charge in [-0.3, -0.25) is 4.79 Å². The number of anilines is 1. The Morgan fingerprint density at radius 1 is 0.889 bits per heavy atom. The lowest BCUT2D eigenvalue weighted by Crippen LogP contribution is -2.16. The molecule has 0 radical (unpaired) electrons. The van der Waals surface area contributed by atoms with Crippen LogP contribution in [0.25, 0.3) is 0 Å². The van der Waals surface area contributed by atoms with E-state index in [9.17, 15) is 9.59 Å². The van der Waals surface area contributed by atoms with Crippen LogP contribution in [-0.2, 0) is 16.0 Å². The molecule has 1 amide bonds. The van der Waals surface area contributed by atoms with E-state index in [1.807, 2.05) is 12.1 Å². The molecule has 7 heteroatoms. The van der Waals surface area contributed by atoms with Crippen LogP contribution in [0.15, 0.2) is 36.4 Å². The molecule has 0 saturated carbocycles. The van der Waals surface area contributed by atoms with Crippen LogP contribution in [0, 0.1) is 0 Å². The maximum atomic E-state index is 12.4. The molecule has 2 aromatic rings. The minimum absolute atomic E-state index is 0.216. The van der Waals surface area contributed by atoms with Gasteiger partial charge in [0.05, 0.1) is 39.7 Å². The van der Waals surface area contributed by atoms with Crippen LogP contribution >= 0.6 is 0 Å². The normalized spacial score (nSPS) is 10.1. The second-order valence-electron chi connectivity index (χ2n) is 5.61. The molecule has 0 saturated heterocycles. The van der Waals surface area contributed by atoms with E-state index in [0.29, 0.717) is 29.4 Å². The number of methoxy groups -OCH3 is 4. The topological polar surface area (TPSA) is 83.1 Å². The standard InChI is InChI=1S/C20H23NO6/c1-24-15-10-8-13(12-17(15)26-3)9-11-18(22)21-19-14(20(23)27-4)6-5-7-16(19)25-2/h5-8,10,12H,9,11H2,1-4H3,(H,21,22). The fourth-order valence-corrected chi connectivity index (χ4v) is 2.61. The predicted octanol–water partition coefficient (Wildman–Crippen LogP) is 3.07. The average molecular weight is 373 g/mol. The summed E-state index contributed by atoms with van der Waals surface area (Å²) in [7, 11) is 5.88. The molecule has 0 aliphatic carbocycles. The number of nitrogens with one attached hydrogen (secondary N) is 1. The van der Waals surface area contributed by atoms with E-state index in [4.69, 9.17) is 18.9 Å². The lowest BCUT2D eigenvalue weighted by Gasteiger charge is -2.14. The molecule has 0 heterocycles. The van der Waals surface area contributed by atoms with Gasteiger partial charge in [0.25, 0.3) is 0 Å². The van der Waals surface area contributed by atoms with Crippen molar-refractivity contribution >= 4 is 17.6 Å². The molecular weight excluding hydrogens is 350 g/mol. The van der Waals surface area contributed by atoms with Crippen molar-refractivity contribution in [2.45, 2.75) is 12.8 Å². The molecule has 0 aromatic heterocycles. The minimum Gasteiger partial charge on any atom is -0.495 e. The van der Waals surface area contributed by atoms with E-state index in [-0.39, 0.29) is 17.9 Å². The van der Waals surface area contributed by atoms with Crippen LogP contribution in [0.2, 0.25) is 0 Å². The summed E-state index contributed by atoms with van der Waals surface area (Å²) in [5, 5.41) is 2.75. The Kier molecular flexibility index (Phi) is 7.05. The van der Waals surface area contributed by atoms with Gasteiger partial charge in [-0.2, -0.15) is 0 Å². The number of benzene rings is 2. The monoisotopic (exact) mass is 373 g/mol. The molecule has 27 heavy (non-hydrogen) atoms. The first-order valence-electron chi connectivity index (χ1n) is 8.30. The Morgan fingerprint density at radius 3 is 2.22 bits per heavy atom. The number of rotatable bonds is 8. The Morgan fingerprint density at radius 2 is 1.59 bits per heavy atom. The fraction of sp³-hybridized carbons (Fsp3) is 0.300. The molecule has 0 atom stereocenters. The summed E-state index contributed by atoms with van der Waals surface area (Å²) in [4.78, 5) is 24.4. The van der Waals surface area contributed by atoms with Gasteiger partial charge in [-0.15, -0.1) is 0 Å². The van der Waals surface area contributed by atoms with Crippen molar-refractivity contribution in [3.8, 4) is 17.2 Å². The van der Waals surface area contributed by atoms with Gasteiger partial charge in [0.15, 0.2) is 11.5 Å². The molecule has 144 valence electrons. The van der Waals surface area contributed by atoms with Gasteiger partial charge in [-0.05, 0) is 36.2 Å². The SMILES string of the molecule is COC(=O)c1cccc(OC)c1NC(=O)CCc1ccc(OC)c(OC)c1. The summed E-state index contributed by atoms with van der Waals surface area (Å²) in [6.07, 6.45) is 0.711. The third-order valence-corrected chi connectivity index (χ3v) is 4.00. The van der Waals surface area contributed by atoms with Gasteiger partial charge < -0.3 is 24.3 Å². The van der Waals surface area contributed by atoms with Crippen LogP contribution in [0.3, 0.4) is 0 Å². The maximum absolute atomic E-state index is 12.4. The quantitative estimate of drug-likeness (QED) is 0.716. The molecule has 0 spiro atoms. The summed E-state index contributed by atoms with van der Waals surface area (Å²) in [5.41, 5.74) is 1.46. The highest BCUT2D eigenvalue weighted by atomic mass is 16.5. The average Bonchev–Trinajstić information content (AvgIpc) is 2.71. The van der Waals surface area contributed by atoms with E-state index in [1.165, 1.54) is 14.2 Å². The highest BCUT2D eigenvalue weighted by Gasteiger charge is 2.18. The lowest BCUT2D eigenvalue weighted by atomic mass is 10.1. The second-order valence-corrected chi connectivity index (χ2v) is 5.61.